The summed E-state index contributed by atoms with van der Waals surface area (Å²) in [5.41, 5.74) is 0.874. The van der Waals surface area contributed by atoms with E-state index in [1.165, 1.54) is 18.2 Å². The number of aromatic carboxylic acids is 2. The number of rotatable bonds is 12. The third kappa shape index (κ3) is 10.0. The van der Waals surface area contributed by atoms with Gasteiger partial charge >= 0.3 is 23.9 Å². The standard InChI is InChI=1S/C14H14O4.C10H12O4/c1-3-5-9-7-8-11(13(15)16)12(14(17)18)10(9)6-4-2;1-3-7-13-9(11)5-6-10(12)14-8-4-2/h3-4,7-8H,1-2,5-6H2,(H,15,16)(H,17,18);3-6H,1-2,7-8H2. The third-order valence-corrected chi connectivity index (χ3v) is 3.61. The molecule has 0 amide bonds. The number of carbonyl (C=O) groups is 4. The quantitative estimate of drug-likeness (QED) is 0.286. The van der Waals surface area contributed by atoms with Crippen molar-refractivity contribution in [2.75, 3.05) is 13.2 Å². The fourth-order valence-corrected chi connectivity index (χ4v) is 2.35. The molecule has 0 aliphatic heterocycles. The Morgan fingerprint density at radius 3 is 1.62 bits per heavy atom. The van der Waals surface area contributed by atoms with Gasteiger partial charge in [0.1, 0.15) is 13.2 Å². The summed E-state index contributed by atoms with van der Waals surface area (Å²) in [6.07, 6.45) is 8.86. The number of ether oxygens (including phenoxy) is 2. The smallest absolute Gasteiger partial charge is 0.336 e. The van der Waals surface area contributed by atoms with E-state index in [9.17, 15) is 24.3 Å². The first-order valence-corrected chi connectivity index (χ1v) is 9.29. The van der Waals surface area contributed by atoms with Crippen LogP contribution in [0.15, 0.2) is 74.9 Å². The second-order valence-corrected chi connectivity index (χ2v) is 5.89. The minimum Gasteiger partial charge on any atom is -0.478 e. The van der Waals surface area contributed by atoms with Crippen LogP contribution in [0.2, 0.25) is 0 Å². The summed E-state index contributed by atoms with van der Waals surface area (Å²) in [6, 6.07) is 2.94. The molecule has 0 aromatic heterocycles. The Bertz CT molecular complexity index is 883. The molecule has 8 nitrogen and oxygen atoms in total. The number of allylic oxidation sites excluding steroid dienone is 2. The van der Waals surface area contributed by atoms with Crippen LogP contribution in [0, 0.1) is 0 Å². The summed E-state index contributed by atoms with van der Waals surface area (Å²) < 4.78 is 9.15. The van der Waals surface area contributed by atoms with Crippen LogP contribution in [-0.4, -0.2) is 47.3 Å². The molecule has 2 N–H and O–H groups in total. The summed E-state index contributed by atoms with van der Waals surface area (Å²) in [5.74, 6) is -3.71. The van der Waals surface area contributed by atoms with Gasteiger partial charge in [0.15, 0.2) is 0 Å². The van der Waals surface area contributed by atoms with E-state index < -0.39 is 23.9 Å². The van der Waals surface area contributed by atoms with Crippen LogP contribution in [0.4, 0.5) is 0 Å². The minimum absolute atomic E-state index is 0.116. The van der Waals surface area contributed by atoms with Gasteiger partial charge in [-0.3, -0.25) is 0 Å². The maximum absolute atomic E-state index is 11.3. The van der Waals surface area contributed by atoms with Crippen molar-refractivity contribution in [2.45, 2.75) is 12.8 Å². The highest BCUT2D eigenvalue weighted by atomic mass is 16.5. The van der Waals surface area contributed by atoms with E-state index in [4.69, 9.17) is 5.11 Å². The normalized spacial score (nSPS) is 9.62. The number of benzene rings is 1. The molecule has 0 unspecified atom stereocenters. The first-order chi connectivity index (χ1) is 15.2. The number of carboxylic acid groups (broad SMARTS) is 2. The molecular weight excluding hydrogens is 416 g/mol. The summed E-state index contributed by atoms with van der Waals surface area (Å²) in [6.45, 7) is 14.1. The largest absolute Gasteiger partial charge is 0.478 e. The van der Waals surface area contributed by atoms with Gasteiger partial charge in [-0.25, -0.2) is 19.2 Å². The Hall–Kier alpha value is -4.20. The van der Waals surface area contributed by atoms with Crippen LogP contribution < -0.4 is 0 Å². The summed E-state index contributed by atoms with van der Waals surface area (Å²) in [5, 5.41) is 18.2. The van der Waals surface area contributed by atoms with Gasteiger partial charge in [-0.2, -0.15) is 0 Å². The molecular formula is C24H26O8. The molecule has 0 radical (unpaired) electrons. The lowest BCUT2D eigenvalue weighted by molar-refractivity contribution is -0.139. The maximum Gasteiger partial charge on any atom is 0.336 e. The van der Waals surface area contributed by atoms with Crippen LogP contribution in [0.3, 0.4) is 0 Å². The van der Waals surface area contributed by atoms with Gasteiger partial charge in [-0.05, 0) is 30.0 Å². The first-order valence-electron chi connectivity index (χ1n) is 9.29. The van der Waals surface area contributed by atoms with Gasteiger partial charge < -0.3 is 19.7 Å². The van der Waals surface area contributed by atoms with Gasteiger partial charge in [0.25, 0.3) is 0 Å². The first kappa shape index (κ1) is 27.8. The van der Waals surface area contributed by atoms with E-state index in [0.29, 0.717) is 18.4 Å². The zero-order chi connectivity index (χ0) is 24.5. The molecule has 1 aromatic rings. The van der Waals surface area contributed by atoms with Gasteiger partial charge in [0.2, 0.25) is 0 Å². The molecule has 32 heavy (non-hydrogen) atoms. The van der Waals surface area contributed by atoms with Gasteiger partial charge in [0, 0.05) is 12.2 Å². The molecule has 0 saturated carbocycles. The number of hydrogen-bond donors (Lipinski definition) is 2. The predicted octanol–water partition coefficient (Wildman–Crippen LogP) is 3.54. The molecule has 0 aliphatic carbocycles. The summed E-state index contributed by atoms with van der Waals surface area (Å²) in [7, 11) is 0. The number of esters is 2. The number of carbonyl (C=O) groups excluding carboxylic acids is 2. The van der Waals surface area contributed by atoms with Crippen molar-refractivity contribution in [1.82, 2.24) is 0 Å². The van der Waals surface area contributed by atoms with E-state index in [-0.39, 0.29) is 24.3 Å². The molecule has 0 spiro atoms. The molecule has 0 fully saturated rings. The highest BCUT2D eigenvalue weighted by Gasteiger charge is 2.21. The van der Waals surface area contributed by atoms with Crippen LogP contribution in [-0.2, 0) is 31.9 Å². The fourth-order valence-electron chi connectivity index (χ4n) is 2.35. The van der Waals surface area contributed by atoms with E-state index in [0.717, 1.165) is 17.7 Å². The Morgan fingerprint density at radius 2 is 1.25 bits per heavy atom. The van der Waals surface area contributed by atoms with Gasteiger partial charge in [0.05, 0.1) is 11.1 Å². The molecule has 0 saturated heterocycles. The number of hydrogen-bond acceptors (Lipinski definition) is 6. The average Bonchev–Trinajstić information content (AvgIpc) is 2.76. The summed E-state index contributed by atoms with van der Waals surface area (Å²) in [4.78, 5) is 43.9. The zero-order valence-electron chi connectivity index (χ0n) is 17.6. The van der Waals surface area contributed by atoms with Crippen molar-refractivity contribution in [3.63, 3.8) is 0 Å². The second-order valence-electron chi connectivity index (χ2n) is 5.89. The lowest BCUT2D eigenvalue weighted by Gasteiger charge is -2.12. The topological polar surface area (TPSA) is 127 Å². The van der Waals surface area contributed by atoms with Crippen molar-refractivity contribution in [3.05, 3.63) is 97.2 Å². The van der Waals surface area contributed by atoms with E-state index in [1.807, 2.05) is 0 Å². The van der Waals surface area contributed by atoms with Crippen LogP contribution in [0.1, 0.15) is 31.8 Å². The molecule has 8 heteroatoms. The van der Waals surface area contributed by atoms with Crippen molar-refractivity contribution >= 4 is 23.9 Å². The number of carboxylic acids is 2. The molecule has 170 valence electrons. The van der Waals surface area contributed by atoms with Crippen LogP contribution >= 0.6 is 0 Å². The van der Waals surface area contributed by atoms with Crippen molar-refractivity contribution in [2.24, 2.45) is 0 Å². The van der Waals surface area contributed by atoms with Crippen molar-refractivity contribution in [1.29, 1.82) is 0 Å². The highest BCUT2D eigenvalue weighted by molar-refractivity contribution is 6.03. The molecule has 1 rings (SSSR count). The Kier molecular flexibility index (Phi) is 13.6. The lowest BCUT2D eigenvalue weighted by Crippen LogP contribution is -2.13. The van der Waals surface area contributed by atoms with Gasteiger partial charge in [-0.1, -0.05) is 43.5 Å². The molecule has 0 aliphatic rings. The van der Waals surface area contributed by atoms with E-state index in [1.54, 1.807) is 18.2 Å². The Balaban J connectivity index is 0.000000622. The van der Waals surface area contributed by atoms with Gasteiger partial charge in [-0.15, -0.1) is 13.2 Å². The Morgan fingerprint density at radius 1 is 0.750 bits per heavy atom. The van der Waals surface area contributed by atoms with Crippen LogP contribution in [0.5, 0.6) is 0 Å². The highest BCUT2D eigenvalue weighted by Crippen LogP contribution is 2.22. The average molecular weight is 442 g/mol. The zero-order valence-corrected chi connectivity index (χ0v) is 17.6. The lowest BCUT2D eigenvalue weighted by atomic mass is 9.92. The fraction of sp³-hybridized carbons (Fsp3) is 0.167. The monoisotopic (exact) mass is 442 g/mol. The molecule has 1 aromatic carbocycles. The third-order valence-electron chi connectivity index (χ3n) is 3.61. The molecule has 0 bridgehead atoms. The van der Waals surface area contributed by atoms with E-state index in [2.05, 4.69) is 35.8 Å². The Labute approximate surface area is 186 Å². The SMILES string of the molecule is C=CCOC(=O)C=CC(=O)OCC=C.C=CCc1ccc(C(=O)O)c(C(=O)O)c1CC=C. The summed E-state index contributed by atoms with van der Waals surface area (Å²) >= 11 is 0. The minimum atomic E-state index is -1.25. The van der Waals surface area contributed by atoms with E-state index >= 15 is 0 Å². The molecule has 0 atom stereocenters. The van der Waals surface area contributed by atoms with Crippen LogP contribution in [0.25, 0.3) is 0 Å². The predicted molar refractivity (Wildman–Crippen MR) is 120 cm³/mol. The molecule has 0 heterocycles. The van der Waals surface area contributed by atoms with Crippen molar-refractivity contribution < 1.29 is 38.9 Å². The maximum atomic E-state index is 11.3. The second kappa shape index (κ2) is 15.6. The van der Waals surface area contributed by atoms with Crippen molar-refractivity contribution in [3.8, 4) is 0 Å².